The quantitative estimate of drug-likeness (QED) is 0.555. The summed E-state index contributed by atoms with van der Waals surface area (Å²) in [5.74, 6) is 0.0822. The third-order valence-corrected chi connectivity index (χ3v) is 5.16. The zero-order valence-corrected chi connectivity index (χ0v) is 17.0. The minimum Gasteiger partial charge on any atom is -0.444 e. The molecule has 3 N–H and O–H groups in total. The van der Waals surface area contributed by atoms with Crippen molar-refractivity contribution in [3.63, 3.8) is 0 Å². The van der Waals surface area contributed by atoms with Gasteiger partial charge < -0.3 is 15.0 Å². The first kappa shape index (κ1) is 21.9. The number of carbonyl (C=O) groups is 1. The van der Waals surface area contributed by atoms with E-state index in [-0.39, 0.29) is 28.3 Å². The van der Waals surface area contributed by atoms with Crippen LogP contribution in [0.4, 0.5) is 16.2 Å². The van der Waals surface area contributed by atoms with E-state index in [1.807, 2.05) is 0 Å². The van der Waals surface area contributed by atoms with Crippen LogP contribution in [-0.4, -0.2) is 49.6 Å². The molecule has 1 saturated heterocycles. The van der Waals surface area contributed by atoms with Crippen molar-refractivity contribution in [2.24, 2.45) is 11.1 Å². The van der Waals surface area contributed by atoms with Gasteiger partial charge >= 0.3 is 6.09 Å². The number of nitrogens with one attached hydrogen (secondary N) is 1. The average molecular weight is 414 g/mol. The Bertz CT molecular complexity index is 850. The number of piperidine rings is 1. The molecule has 1 aliphatic rings. The van der Waals surface area contributed by atoms with E-state index in [2.05, 4.69) is 5.32 Å². The lowest BCUT2D eigenvalue weighted by Gasteiger charge is -2.34. The SMILES string of the molecule is CC(C)(C)OC(=O)N1CCC[C@H](CNc2ccc(S(N)(=O)=O)cc2[N+](=O)[O-])C1. The third-order valence-electron chi connectivity index (χ3n) is 4.25. The van der Waals surface area contributed by atoms with Crippen LogP contribution in [0.1, 0.15) is 33.6 Å². The van der Waals surface area contributed by atoms with Gasteiger partial charge in [0.15, 0.2) is 0 Å². The van der Waals surface area contributed by atoms with Crippen molar-refractivity contribution in [2.45, 2.75) is 44.1 Å². The summed E-state index contributed by atoms with van der Waals surface area (Å²) in [7, 11) is -4.03. The van der Waals surface area contributed by atoms with Crippen molar-refractivity contribution in [2.75, 3.05) is 25.0 Å². The number of rotatable bonds is 5. The number of nitro benzene ring substituents is 1. The molecular weight excluding hydrogens is 388 g/mol. The van der Waals surface area contributed by atoms with Crippen LogP contribution in [0.3, 0.4) is 0 Å². The van der Waals surface area contributed by atoms with E-state index in [1.165, 1.54) is 12.1 Å². The molecule has 0 radical (unpaired) electrons. The third kappa shape index (κ3) is 6.06. The number of nitro groups is 1. The maximum atomic E-state index is 12.2. The van der Waals surface area contributed by atoms with Crippen molar-refractivity contribution >= 4 is 27.5 Å². The number of amides is 1. The Balaban J connectivity index is 2.05. The van der Waals surface area contributed by atoms with E-state index in [0.717, 1.165) is 18.9 Å². The molecule has 0 saturated carbocycles. The second kappa shape index (κ2) is 8.31. The molecule has 0 bridgehead atoms. The Labute approximate surface area is 164 Å². The monoisotopic (exact) mass is 414 g/mol. The molecule has 10 nitrogen and oxygen atoms in total. The Morgan fingerprint density at radius 1 is 1.43 bits per heavy atom. The molecule has 1 fully saturated rings. The highest BCUT2D eigenvalue weighted by atomic mass is 32.2. The number of primary sulfonamides is 1. The largest absolute Gasteiger partial charge is 0.444 e. The van der Waals surface area contributed by atoms with Crippen molar-refractivity contribution in [1.82, 2.24) is 4.90 Å². The summed E-state index contributed by atoms with van der Waals surface area (Å²) in [6.45, 7) is 6.89. The normalized spacial score (nSPS) is 17.9. The molecule has 1 heterocycles. The van der Waals surface area contributed by atoms with E-state index in [4.69, 9.17) is 9.88 Å². The van der Waals surface area contributed by atoms with Gasteiger partial charge in [0.05, 0.1) is 9.82 Å². The van der Waals surface area contributed by atoms with Crippen LogP contribution in [0.5, 0.6) is 0 Å². The molecule has 1 amide bonds. The number of hydrogen-bond acceptors (Lipinski definition) is 7. The number of anilines is 1. The minimum absolute atomic E-state index is 0.0822. The first-order chi connectivity index (χ1) is 12.9. The van der Waals surface area contributed by atoms with Gasteiger partial charge in [0, 0.05) is 25.7 Å². The number of nitrogens with two attached hydrogens (primary N) is 1. The molecule has 0 unspecified atom stereocenters. The molecule has 1 aromatic carbocycles. The molecule has 0 aromatic heterocycles. The highest BCUT2D eigenvalue weighted by Gasteiger charge is 2.28. The van der Waals surface area contributed by atoms with E-state index in [0.29, 0.717) is 19.6 Å². The van der Waals surface area contributed by atoms with Crippen molar-refractivity contribution < 1.29 is 22.9 Å². The predicted octanol–water partition coefficient (Wildman–Crippen LogP) is 2.30. The lowest BCUT2D eigenvalue weighted by molar-refractivity contribution is -0.384. The minimum atomic E-state index is -4.03. The summed E-state index contributed by atoms with van der Waals surface area (Å²) in [4.78, 5) is 24.2. The second-order valence-electron chi connectivity index (χ2n) is 7.80. The Morgan fingerprint density at radius 3 is 2.68 bits per heavy atom. The molecular formula is C17H26N4O6S. The highest BCUT2D eigenvalue weighted by molar-refractivity contribution is 7.89. The molecule has 11 heteroatoms. The highest BCUT2D eigenvalue weighted by Crippen LogP contribution is 2.28. The topological polar surface area (TPSA) is 145 Å². The summed E-state index contributed by atoms with van der Waals surface area (Å²) < 4.78 is 28.2. The number of carbonyl (C=O) groups excluding carboxylic acids is 1. The molecule has 0 spiro atoms. The van der Waals surface area contributed by atoms with Gasteiger partial charge in [-0.3, -0.25) is 10.1 Å². The number of hydrogen-bond donors (Lipinski definition) is 2. The van der Waals surface area contributed by atoms with Crippen LogP contribution in [0, 0.1) is 16.0 Å². The predicted molar refractivity (Wildman–Crippen MR) is 103 cm³/mol. The number of sulfonamides is 1. The van der Waals surface area contributed by atoms with E-state index >= 15 is 0 Å². The fourth-order valence-electron chi connectivity index (χ4n) is 2.97. The van der Waals surface area contributed by atoms with Gasteiger partial charge in [-0.25, -0.2) is 18.4 Å². The van der Waals surface area contributed by atoms with Crippen molar-refractivity contribution in [1.29, 1.82) is 0 Å². The maximum absolute atomic E-state index is 12.2. The van der Waals surface area contributed by atoms with Crippen LogP contribution in [0.15, 0.2) is 23.1 Å². The van der Waals surface area contributed by atoms with Crippen LogP contribution in [-0.2, 0) is 14.8 Å². The van der Waals surface area contributed by atoms with Crippen molar-refractivity contribution in [3.8, 4) is 0 Å². The van der Waals surface area contributed by atoms with Gasteiger partial charge in [0.2, 0.25) is 10.0 Å². The van der Waals surface area contributed by atoms with Crippen LogP contribution in [0.2, 0.25) is 0 Å². The average Bonchev–Trinajstić information content (AvgIpc) is 2.57. The van der Waals surface area contributed by atoms with Crippen LogP contribution in [0.25, 0.3) is 0 Å². The Morgan fingerprint density at radius 2 is 2.11 bits per heavy atom. The van der Waals surface area contributed by atoms with E-state index in [9.17, 15) is 23.3 Å². The molecule has 156 valence electrons. The van der Waals surface area contributed by atoms with E-state index < -0.39 is 20.5 Å². The molecule has 0 aliphatic carbocycles. The van der Waals surface area contributed by atoms with Gasteiger partial charge in [-0.05, 0) is 51.7 Å². The number of nitrogens with zero attached hydrogens (tertiary/aromatic N) is 2. The fourth-order valence-corrected chi connectivity index (χ4v) is 3.50. The zero-order valence-electron chi connectivity index (χ0n) is 16.2. The van der Waals surface area contributed by atoms with Crippen LogP contribution >= 0.6 is 0 Å². The van der Waals surface area contributed by atoms with Gasteiger partial charge in [-0.2, -0.15) is 0 Å². The van der Waals surface area contributed by atoms with E-state index in [1.54, 1.807) is 25.7 Å². The fraction of sp³-hybridized carbons (Fsp3) is 0.588. The molecule has 28 heavy (non-hydrogen) atoms. The summed E-state index contributed by atoms with van der Waals surface area (Å²) in [6, 6.07) is 3.48. The number of benzene rings is 1. The lowest BCUT2D eigenvalue weighted by atomic mass is 9.98. The van der Waals surface area contributed by atoms with Crippen LogP contribution < -0.4 is 10.5 Å². The zero-order chi connectivity index (χ0) is 21.1. The number of ether oxygens (including phenoxy) is 1. The first-order valence-corrected chi connectivity index (χ1v) is 10.4. The second-order valence-corrected chi connectivity index (χ2v) is 9.36. The molecule has 1 aliphatic heterocycles. The molecule has 2 rings (SSSR count). The summed E-state index contributed by atoms with van der Waals surface area (Å²) in [5, 5.41) is 19.3. The first-order valence-electron chi connectivity index (χ1n) is 8.90. The van der Waals surface area contributed by atoms with Crippen molar-refractivity contribution in [3.05, 3.63) is 28.3 Å². The summed E-state index contributed by atoms with van der Waals surface area (Å²) >= 11 is 0. The molecule has 1 aromatic rings. The summed E-state index contributed by atoms with van der Waals surface area (Å²) in [6.07, 6.45) is 1.29. The standard InChI is InChI=1S/C17H26N4O6S/c1-17(2,3)27-16(22)20-8-4-5-12(11-20)10-19-14-7-6-13(28(18,25)26)9-15(14)21(23)24/h6-7,9,12,19H,4-5,8,10-11H2,1-3H3,(H2,18,25,26)/t12-/m1/s1. The number of likely N-dealkylation sites (tertiary alicyclic amines) is 1. The lowest BCUT2D eigenvalue weighted by Crippen LogP contribution is -2.44. The Kier molecular flexibility index (Phi) is 6.50. The van der Waals surface area contributed by atoms with Gasteiger partial charge in [0.25, 0.3) is 5.69 Å². The Hall–Kier alpha value is -2.40. The summed E-state index contributed by atoms with van der Waals surface area (Å²) in [5.41, 5.74) is -0.744. The smallest absolute Gasteiger partial charge is 0.410 e. The molecule has 1 atom stereocenters. The van der Waals surface area contributed by atoms with Gasteiger partial charge in [0.1, 0.15) is 11.3 Å². The van der Waals surface area contributed by atoms with Gasteiger partial charge in [-0.15, -0.1) is 0 Å². The van der Waals surface area contributed by atoms with Gasteiger partial charge in [-0.1, -0.05) is 0 Å². The maximum Gasteiger partial charge on any atom is 0.410 e.